The van der Waals surface area contributed by atoms with E-state index in [0.717, 1.165) is 24.0 Å². The summed E-state index contributed by atoms with van der Waals surface area (Å²) in [5.74, 6) is 1.14. The zero-order valence-corrected chi connectivity index (χ0v) is 10.6. The molecule has 2 aromatic heterocycles. The summed E-state index contributed by atoms with van der Waals surface area (Å²) in [6.45, 7) is 7.20. The highest BCUT2D eigenvalue weighted by Gasteiger charge is 2.10. The summed E-state index contributed by atoms with van der Waals surface area (Å²) < 4.78 is 2.10. The van der Waals surface area contributed by atoms with Gasteiger partial charge in [0.05, 0.1) is 5.39 Å². The van der Waals surface area contributed by atoms with Crippen molar-refractivity contribution in [3.8, 4) is 0 Å². The first-order valence-electron chi connectivity index (χ1n) is 6.01. The lowest BCUT2D eigenvalue weighted by molar-refractivity contribution is 0.618. The Bertz CT molecular complexity index is 515. The van der Waals surface area contributed by atoms with Crippen molar-refractivity contribution in [1.29, 1.82) is 0 Å². The second-order valence-corrected chi connectivity index (χ2v) is 4.41. The Kier molecular flexibility index (Phi) is 3.17. The molecule has 92 valence electrons. The average Bonchev–Trinajstić information content (AvgIpc) is 2.70. The quantitative estimate of drug-likeness (QED) is 0.851. The monoisotopic (exact) mass is 233 g/mol. The van der Waals surface area contributed by atoms with E-state index in [4.69, 9.17) is 5.73 Å². The smallest absolute Gasteiger partial charge is 0.226 e. The van der Waals surface area contributed by atoms with Crippen molar-refractivity contribution in [2.75, 3.05) is 17.6 Å². The molecular weight excluding hydrogens is 214 g/mol. The van der Waals surface area contributed by atoms with Crippen LogP contribution in [0.25, 0.3) is 11.0 Å². The Balaban J connectivity index is 2.49. The molecule has 5 heteroatoms. The molecule has 3 N–H and O–H groups in total. The maximum Gasteiger partial charge on any atom is 0.226 e. The number of nitrogen functional groups attached to an aromatic ring is 1. The summed E-state index contributed by atoms with van der Waals surface area (Å²) >= 11 is 0. The summed E-state index contributed by atoms with van der Waals surface area (Å²) in [7, 11) is 0. The lowest BCUT2D eigenvalue weighted by Gasteiger charge is -2.10. The summed E-state index contributed by atoms with van der Waals surface area (Å²) in [6, 6.07) is 2.33. The first-order chi connectivity index (χ1) is 8.13. The molecule has 0 aliphatic carbocycles. The highest BCUT2D eigenvalue weighted by Crippen LogP contribution is 2.23. The van der Waals surface area contributed by atoms with E-state index in [1.54, 1.807) is 0 Å². The maximum absolute atomic E-state index is 5.94. The van der Waals surface area contributed by atoms with Crippen LogP contribution in [0.1, 0.15) is 33.2 Å². The molecule has 0 bridgehead atoms. The molecule has 17 heavy (non-hydrogen) atoms. The number of aromatic nitrogens is 3. The highest BCUT2D eigenvalue weighted by atomic mass is 15.2. The minimum absolute atomic E-state index is 0.362. The van der Waals surface area contributed by atoms with Crippen molar-refractivity contribution < 1.29 is 0 Å². The standard InChI is InChI=1S/C12H19N5/c1-4-6-14-12-15-10(13)9-5-7-17(8(2)3)11(9)16-12/h5,7-8H,4,6H2,1-3H3,(H3,13,14,15,16). The van der Waals surface area contributed by atoms with E-state index in [1.165, 1.54) is 0 Å². The van der Waals surface area contributed by atoms with Crippen molar-refractivity contribution in [2.24, 2.45) is 0 Å². The van der Waals surface area contributed by atoms with Gasteiger partial charge in [0.15, 0.2) is 0 Å². The number of hydrogen-bond acceptors (Lipinski definition) is 4. The number of fused-ring (bicyclic) bond motifs is 1. The Labute approximate surface area is 101 Å². The topological polar surface area (TPSA) is 68.8 Å². The van der Waals surface area contributed by atoms with Crippen LogP contribution in [0.4, 0.5) is 11.8 Å². The third kappa shape index (κ3) is 2.18. The molecule has 0 unspecified atom stereocenters. The number of nitrogens with two attached hydrogens (primary N) is 1. The molecule has 0 radical (unpaired) electrons. The molecule has 0 saturated carbocycles. The number of nitrogens with zero attached hydrogens (tertiary/aromatic N) is 3. The Morgan fingerprint density at radius 3 is 2.82 bits per heavy atom. The lowest BCUT2D eigenvalue weighted by Crippen LogP contribution is -2.08. The van der Waals surface area contributed by atoms with Gasteiger partial charge in [-0.3, -0.25) is 0 Å². The van der Waals surface area contributed by atoms with Gasteiger partial charge in [-0.2, -0.15) is 9.97 Å². The van der Waals surface area contributed by atoms with Gasteiger partial charge in [0.2, 0.25) is 5.95 Å². The van der Waals surface area contributed by atoms with Crippen LogP contribution in [-0.4, -0.2) is 21.1 Å². The van der Waals surface area contributed by atoms with Gasteiger partial charge in [-0.25, -0.2) is 0 Å². The molecule has 0 saturated heterocycles. The van der Waals surface area contributed by atoms with Crippen molar-refractivity contribution >= 4 is 22.8 Å². The first kappa shape index (κ1) is 11.7. The van der Waals surface area contributed by atoms with Crippen molar-refractivity contribution in [3.63, 3.8) is 0 Å². The fourth-order valence-electron chi connectivity index (χ4n) is 1.79. The van der Waals surface area contributed by atoms with E-state index in [0.29, 0.717) is 17.8 Å². The number of anilines is 2. The second-order valence-electron chi connectivity index (χ2n) is 4.41. The zero-order chi connectivity index (χ0) is 12.4. The minimum atomic E-state index is 0.362. The van der Waals surface area contributed by atoms with Gasteiger partial charge < -0.3 is 15.6 Å². The fraction of sp³-hybridized carbons (Fsp3) is 0.500. The number of rotatable bonds is 4. The SMILES string of the molecule is CCCNc1nc(N)c2ccn(C(C)C)c2n1. The second kappa shape index (κ2) is 4.61. The molecule has 0 atom stereocenters. The molecule has 2 rings (SSSR count). The molecule has 5 nitrogen and oxygen atoms in total. The largest absolute Gasteiger partial charge is 0.383 e. The summed E-state index contributed by atoms with van der Waals surface area (Å²) in [6.07, 6.45) is 3.04. The van der Waals surface area contributed by atoms with Gasteiger partial charge in [-0.15, -0.1) is 0 Å². The van der Waals surface area contributed by atoms with E-state index in [2.05, 4.69) is 40.6 Å². The highest BCUT2D eigenvalue weighted by molar-refractivity contribution is 5.87. The number of hydrogen-bond donors (Lipinski definition) is 2. The Hall–Kier alpha value is -1.78. The lowest BCUT2D eigenvalue weighted by atomic mass is 10.3. The van der Waals surface area contributed by atoms with Crippen LogP contribution in [0.5, 0.6) is 0 Å². The van der Waals surface area contributed by atoms with Crippen LogP contribution in [0.2, 0.25) is 0 Å². The fourth-order valence-corrected chi connectivity index (χ4v) is 1.79. The van der Waals surface area contributed by atoms with Crippen molar-refractivity contribution in [2.45, 2.75) is 33.2 Å². The van der Waals surface area contributed by atoms with Crippen LogP contribution in [0, 0.1) is 0 Å². The van der Waals surface area contributed by atoms with Crippen molar-refractivity contribution in [3.05, 3.63) is 12.3 Å². The zero-order valence-electron chi connectivity index (χ0n) is 10.6. The molecule has 2 heterocycles. The van der Waals surface area contributed by atoms with Crippen molar-refractivity contribution in [1.82, 2.24) is 14.5 Å². The van der Waals surface area contributed by atoms with Gasteiger partial charge in [0.25, 0.3) is 0 Å². The van der Waals surface area contributed by atoms with Crippen LogP contribution in [-0.2, 0) is 0 Å². The molecule has 0 spiro atoms. The molecule has 0 amide bonds. The van der Waals surface area contributed by atoms with E-state index in [1.807, 2.05) is 12.3 Å². The van der Waals surface area contributed by atoms with Crippen LogP contribution < -0.4 is 11.1 Å². The summed E-state index contributed by atoms with van der Waals surface area (Å²) in [5.41, 5.74) is 6.83. The average molecular weight is 233 g/mol. The predicted octanol–water partition coefficient (Wildman–Crippen LogP) is 2.42. The van der Waals surface area contributed by atoms with E-state index >= 15 is 0 Å². The van der Waals surface area contributed by atoms with E-state index in [9.17, 15) is 0 Å². The van der Waals surface area contributed by atoms with Gasteiger partial charge >= 0.3 is 0 Å². The summed E-state index contributed by atoms with van der Waals surface area (Å²) in [4.78, 5) is 8.77. The first-order valence-corrected chi connectivity index (χ1v) is 6.01. The molecule has 0 aliphatic rings. The van der Waals surface area contributed by atoms with Crippen LogP contribution in [0.3, 0.4) is 0 Å². The third-order valence-corrected chi connectivity index (χ3v) is 2.69. The van der Waals surface area contributed by atoms with E-state index < -0.39 is 0 Å². The third-order valence-electron chi connectivity index (χ3n) is 2.69. The van der Waals surface area contributed by atoms with Gasteiger partial charge in [-0.1, -0.05) is 6.92 Å². The minimum Gasteiger partial charge on any atom is -0.383 e. The Morgan fingerprint density at radius 2 is 2.18 bits per heavy atom. The molecule has 0 fully saturated rings. The van der Waals surface area contributed by atoms with Gasteiger partial charge in [0, 0.05) is 18.8 Å². The molecular formula is C12H19N5. The number of nitrogens with one attached hydrogen (secondary N) is 1. The predicted molar refractivity (Wildman–Crippen MR) is 71.1 cm³/mol. The van der Waals surface area contributed by atoms with Crippen LogP contribution in [0.15, 0.2) is 12.3 Å². The van der Waals surface area contributed by atoms with Crippen LogP contribution >= 0.6 is 0 Å². The Morgan fingerprint density at radius 1 is 1.41 bits per heavy atom. The molecule has 2 aromatic rings. The molecule has 0 aromatic carbocycles. The van der Waals surface area contributed by atoms with Gasteiger partial charge in [-0.05, 0) is 26.3 Å². The molecule has 0 aliphatic heterocycles. The maximum atomic E-state index is 5.94. The van der Waals surface area contributed by atoms with E-state index in [-0.39, 0.29) is 0 Å². The normalized spacial score (nSPS) is 11.3. The summed E-state index contributed by atoms with van der Waals surface area (Å²) in [5, 5.41) is 4.09. The van der Waals surface area contributed by atoms with Gasteiger partial charge in [0.1, 0.15) is 11.5 Å².